The Morgan fingerprint density at radius 3 is 2.33 bits per heavy atom. The number of phenolic OH excluding ortho intramolecular Hbond substituents is 3. The molecule has 7 nitrogen and oxygen atoms in total. The van der Waals surface area contributed by atoms with Crippen molar-refractivity contribution in [3.63, 3.8) is 0 Å². The molecule has 0 unspecified atom stereocenters. The summed E-state index contributed by atoms with van der Waals surface area (Å²) in [5.41, 5.74) is 1.84. The standard InChI is InChI=1S/C20H21NO6/c1-27-18-8-12(2-5-16(18)23)6-7-21-19(25)10-14(20(21)26)9-13-3-4-15(22)11-17(13)24/h2-5,8,10-11,22-26H,6-7,9H2,1H3. The fourth-order valence-electron chi connectivity index (χ4n) is 2.96. The molecule has 3 aromatic rings. The van der Waals surface area contributed by atoms with Gasteiger partial charge in [-0.2, -0.15) is 0 Å². The summed E-state index contributed by atoms with van der Waals surface area (Å²) < 4.78 is 6.45. The van der Waals surface area contributed by atoms with Gasteiger partial charge in [-0.1, -0.05) is 12.1 Å². The SMILES string of the molecule is COc1cc(CCn2c(O)cc(Cc3ccc(O)cc3O)c2O)ccc1O. The summed E-state index contributed by atoms with van der Waals surface area (Å²) in [4.78, 5) is 0. The fraction of sp³-hybridized carbons (Fsp3) is 0.200. The molecule has 142 valence electrons. The molecule has 0 amide bonds. The Balaban J connectivity index is 1.77. The Labute approximate surface area is 156 Å². The van der Waals surface area contributed by atoms with Gasteiger partial charge in [0.25, 0.3) is 0 Å². The minimum atomic E-state index is -0.0919. The van der Waals surface area contributed by atoms with Crippen molar-refractivity contribution in [3.8, 4) is 34.8 Å². The predicted molar refractivity (Wildman–Crippen MR) is 98.7 cm³/mol. The summed E-state index contributed by atoms with van der Waals surface area (Å²) >= 11 is 0. The zero-order valence-electron chi connectivity index (χ0n) is 14.8. The molecule has 0 saturated carbocycles. The number of methoxy groups -OCH3 is 1. The van der Waals surface area contributed by atoms with Gasteiger partial charge in [0, 0.05) is 30.7 Å². The predicted octanol–water partition coefficient (Wildman–Crippen LogP) is 2.86. The van der Waals surface area contributed by atoms with Gasteiger partial charge >= 0.3 is 0 Å². The second kappa shape index (κ2) is 7.41. The molecule has 0 aliphatic rings. The first-order valence-corrected chi connectivity index (χ1v) is 8.36. The van der Waals surface area contributed by atoms with E-state index in [1.807, 2.05) is 0 Å². The van der Waals surface area contributed by atoms with Crippen LogP contribution in [0.4, 0.5) is 0 Å². The average Bonchev–Trinajstić information content (AvgIpc) is 2.90. The van der Waals surface area contributed by atoms with E-state index in [2.05, 4.69) is 0 Å². The Morgan fingerprint density at radius 2 is 1.63 bits per heavy atom. The number of rotatable bonds is 6. The quantitative estimate of drug-likeness (QED) is 0.455. The maximum Gasteiger partial charge on any atom is 0.197 e. The first-order valence-electron chi connectivity index (χ1n) is 8.36. The van der Waals surface area contributed by atoms with Crippen LogP contribution in [0, 0.1) is 0 Å². The first-order chi connectivity index (χ1) is 12.9. The number of aryl methyl sites for hydroxylation is 1. The molecular weight excluding hydrogens is 350 g/mol. The van der Waals surface area contributed by atoms with Gasteiger partial charge < -0.3 is 30.3 Å². The van der Waals surface area contributed by atoms with Gasteiger partial charge in [0.1, 0.15) is 11.5 Å². The topological polar surface area (TPSA) is 115 Å². The molecule has 2 aromatic carbocycles. The van der Waals surface area contributed by atoms with Crippen LogP contribution < -0.4 is 4.74 Å². The van der Waals surface area contributed by atoms with Crippen molar-refractivity contribution in [1.82, 2.24) is 4.57 Å². The molecule has 3 rings (SSSR count). The van der Waals surface area contributed by atoms with E-state index in [1.54, 1.807) is 18.2 Å². The minimum absolute atomic E-state index is 0.0453. The zero-order chi connectivity index (χ0) is 19.6. The van der Waals surface area contributed by atoms with E-state index in [4.69, 9.17) is 4.74 Å². The number of phenols is 3. The van der Waals surface area contributed by atoms with Crippen LogP contribution >= 0.6 is 0 Å². The van der Waals surface area contributed by atoms with Crippen LogP contribution in [-0.4, -0.2) is 37.2 Å². The van der Waals surface area contributed by atoms with Gasteiger partial charge in [0.2, 0.25) is 0 Å². The van der Waals surface area contributed by atoms with Crippen molar-refractivity contribution < 1.29 is 30.3 Å². The number of hydrogen-bond acceptors (Lipinski definition) is 6. The average molecular weight is 371 g/mol. The lowest BCUT2D eigenvalue weighted by Gasteiger charge is -2.10. The number of benzene rings is 2. The monoisotopic (exact) mass is 371 g/mol. The lowest BCUT2D eigenvalue weighted by atomic mass is 10.1. The summed E-state index contributed by atoms with van der Waals surface area (Å²) in [6, 6.07) is 10.6. The van der Waals surface area contributed by atoms with E-state index < -0.39 is 0 Å². The molecule has 5 N–H and O–H groups in total. The third-order valence-corrected chi connectivity index (χ3v) is 4.44. The van der Waals surface area contributed by atoms with Crippen LogP contribution in [0.25, 0.3) is 0 Å². The third kappa shape index (κ3) is 3.87. The van der Waals surface area contributed by atoms with Crippen LogP contribution in [0.5, 0.6) is 34.8 Å². The van der Waals surface area contributed by atoms with Crippen molar-refractivity contribution in [3.05, 3.63) is 59.2 Å². The summed E-state index contributed by atoms with van der Waals surface area (Å²) in [5.74, 6) is 0.0844. The summed E-state index contributed by atoms with van der Waals surface area (Å²) in [6.45, 7) is 0.313. The Bertz CT molecular complexity index is 963. The molecule has 0 aliphatic heterocycles. The molecule has 1 heterocycles. The smallest absolute Gasteiger partial charge is 0.197 e. The van der Waals surface area contributed by atoms with Crippen molar-refractivity contribution in [2.24, 2.45) is 0 Å². The lowest BCUT2D eigenvalue weighted by Crippen LogP contribution is -2.01. The lowest BCUT2D eigenvalue weighted by molar-refractivity contribution is 0.365. The Kier molecular flexibility index (Phi) is 5.03. The summed E-state index contributed by atoms with van der Waals surface area (Å²) in [5, 5.41) is 49.5. The van der Waals surface area contributed by atoms with Crippen molar-refractivity contribution >= 4 is 0 Å². The largest absolute Gasteiger partial charge is 0.508 e. The van der Waals surface area contributed by atoms with E-state index in [0.717, 1.165) is 5.56 Å². The van der Waals surface area contributed by atoms with E-state index in [-0.39, 0.29) is 35.4 Å². The van der Waals surface area contributed by atoms with Crippen LogP contribution in [0.3, 0.4) is 0 Å². The number of aromatic hydroxyl groups is 5. The normalized spacial score (nSPS) is 10.9. The van der Waals surface area contributed by atoms with Gasteiger partial charge in [-0.05, 0) is 35.7 Å². The van der Waals surface area contributed by atoms with Crippen molar-refractivity contribution in [2.75, 3.05) is 7.11 Å². The van der Waals surface area contributed by atoms with Gasteiger partial charge in [-0.15, -0.1) is 0 Å². The van der Waals surface area contributed by atoms with E-state index in [9.17, 15) is 25.5 Å². The highest BCUT2D eigenvalue weighted by Gasteiger charge is 2.16. The molecule has 0 fully saturated rings. The highest BCUT2D eigenvalue weighted by atomic mass is 16.5. The molecule has 0 bridgehead atoms. The van der Waals surface area contributed by atoms with Crippen molar-refractivity contribution in [2.45, 2.75) is 19.4 Å². The first kappa shape index (κ1) is 18.3. The van der Waals surface area contributed by atoms with E-state index in [0.29, 0.717) is 29.8 Å². The third-order valence-electron chi connectivity index (χ3n) is 4.44. The molecule has 0 saturated heterocycles. The van der Waals surface area contributed by atoms with E-state index >= 15 is 0 Å². The fourth-order valence-corrected chi connectivity index (χ4v) is 2.96. The second-order valence-corrected chi connectivity index (χ2v) is 6.25. The Hall–Kier alpha value is -3.48. The summed E-state index contributed by atoms with van der Waals surface area (Å²) in [6.07, 6.45) is 0.696. The van der Waals surface area contributed by atoms with Gasteiger partial charge in [-0.3, -0.25) is 4.57 Å². The van der Waals surface area contributed by atoms with Crippen LogP contribution in [0.2, 0.25) is 0 Å². The molecular formula is C20H21NO6. The number of nitrogens with zero attached hydrogens (tertiary/aromatic N) is 1. The maximum absolute atomic E-state index is 10.4. The molecule has 0 aliphatic carbocycles. The summed E-state index contributed by atoms with van der Waals surface area (Å²) in [7, 11) is 1.47. The molecule has 0 atom stereocenters. The molecule has 1 aromatic heterocycles. The van der Waals surface area contributed by atoms with Gasteiger partial charge in [0.15, 0.2) is 23.3 Å². The minimum Gasteiger partial charge on any atom is -0.508 e. The second-order valence-electron chi connectivity index (χ2n) is 6.25. The maximum atomic E-state index is 10.4. The molecule has 0 spiro atoms. The molecule has 0 radical (unpaired) electrons. The van der Waals surface area contributed by atoms with Gasteiger partial charge in [-0.25, -0.2) is 0 Å². The number of ether oxygens (including phenoxy) is 1. The zero-order valence-corrected chi connectivity index (χ0v) is 14.8. The van der Waals surface area contributed by atoms with Crippen molar-refractivity contribution in [1.29, 1.82) is 0 Å². The molecule has 27 heavy (non-hydrogen) atoms. The molecule has 7 heteroatoms. The highest BCUT2D eigenvalue weighted by Crippen LogP contribution is 2.33. The van der Waals surface area contributed by atoms with Crippen LogP contribution in [-0.2, 0) is 19.4 Å². The number of hydrogen-bond donors (Lipinski definition) is 5. The van der Waals surface area contributed by atoms with Crippen LogP contribution in [0.1, 0.15) is 16.7 Å². The van der Waals surface area contributed by atoms with E-state index in [1.165, 1.54) is 35.9 Å². The number of aromatic nitrogens is 1. The van der Waals surface area contributed by atoms with Crippen LogP contribution in [0.15, 0.2) is 42.5 Å². The highest BCUT2D eigenvalue weighted by molar-refractivity contribution is 5.46. The Morgan fingerprint density at radius 1 is 0.852 bits per heavy atom. The van der Waals surface area contributed by atoms with Gasteiger partial charge in [0.05, 0.1) is 7.11 Å².